The molecule has 1 aromatic carbocycles. The number of benzene rings is 1. The molecule has 7 rings (SSSR count). The van der Waals surface area contributed by atoms with Gasteiger partial charge in [-0.15, -0.1) is 0 Å². The molecule has 0 saturated heterocycles. The van der Waals surface area contributed by atoms with Gasteiger partial charge in [0.25, 0.3) is 0 Å². The predicted octanol–water partition coefficient (Wildman–Crippen LogP) is -4.53. The van der Waals surface area contributed by atoms with Crippen molar-refractivity contribution in [3.63, 3.8) is 0 Å². The molecule has 17 heteroatoms. The average Bonchev–Trinajstić information content (AvgIpc) is 3.31. The fraction of sp³-hybridized carbons (Fsp3) is 0.109. The topological polar surface area (TPSA) is 285 Å². The molecule has 336 valence electrons. The highest BCUT2D eigenvalue weighted by atomic mass is 35.5. The van der Waals surface area contributed by atoms with E-state index in [2.05, 4.69) is 29.9 Å². The lowest BCUT2D eigenvalue weighted by atomic mass is 10.2. The number of aromatic nitrogens is 6. The van der Waals surface area contributed by atoms with Crippen LogP contribution in [0.2, 0.25) is 0 Å². The van der Waals surface area contributed by atoms with Crippen LogP contribution in [0.15, 0.2) is 214 Å². The van der Waals surface area contributed by atoms with E-state index in [1.807, 2.05) is 184 Å². The smallest absolute Gasteiger partial charge is 0.166 e. The zero-order valence-electron chi connectivity index (χ0n) is 35.2. The van der Waals surface area contributed by atoms with Crippen molar-refractivity contribution in [2.45, 2.75) is 33.6 Å². The van der Waals surface area contributed by atoms with Gasteiger partial charge in [0.1, 0.15) is 0 Å². The first-order valence-electron chi connectivity index (χ1n) is 18.3. The number of carboxylic acid groups (broad SMARTS) is 5. The van der Waals surface area contributed by atoms with Crippen molar-refractivity contribution >= 4 is 30.3 Å². The van der Waals surface area contributed by atoms with E-state index in [1.54, 1.807) is 25.1 Å². The van der Waals surface area contributed by atoms with Crippen LogP contribution in [-0.4, -0.2) is 30.3 Å². The number of halogens is 1. The molecule has 0 radical (unpaired) electrons. The molecule has 0 aliphatic rings. The third kappa shape index (κ3) is 78.8. The molecule has 0 spiro atoms. The van der Waals surface area contributed by atoms with Gasteiger partial charge in [0, 0.05) is 97.2 Å². The lowest BCUT2D eigenvalue weighted by molar-refractivity contribution is -0.378. The van der Waals surface area contributed by atoms with Gasteiger partial charge < -0.3 is 61.9 Å². The van der Waals surface area contributed by atoms with Crippen LogP contribution in [-0.2, 0) is 19.2 Å². The summed E-state index contributed by atoms with van der Waals surface area (Å²) in [6.07, 6.45) is 23.3. The summed E-state index contributed by atoms with van der Waals surface area (Å²) in [5.41, 5.74) is 0.220. The zero-order chi connectivity index (χ0) is 47.0. The number of pyridine rings is 6. The van der Waals surface area contributed by atoms with E-state index in [9.17, 15) is 19.8 Å². The molecule has 0 aliphatic carbocycles. The molecule has 6 aromatic heterocycles. The number of carbonyl (C=O) groups is 5. The number of carbonyl (C=O) groups excluding carboxylic acids is 5. The summed E-state index contributed by atoms with van der Waals surface area (Å²) in [4.78, 5) is 63.0. The van der Waals surface area contributed by atoms with Gasteiger partial charge in [-0.1, -0.05) is 80.1 Å². The van der Waals surface area contributed by atoms with Crippen molar-refractivity contribution in [1.29, 1.82) is 0 Å². The summed E-state index contributed by atoms with van der Waals surface area (Å²) >= 11 is 0. The lowest BCUT2D eigenvalue weighted by Crippen LogP contribution is -3.00. The minimum Gasteiger partial charge on any atom is -1.00 e. The van der Waals surface area contributed by atoms with Gasteiger partial charge in [-0.3, -0.25) is 0 Å². The predicted molar refractivity (Wildman–Crippen MR) is 216 cm³/mol. The molecule has 7 aromatic rings. The average molecular weight is 887 g/mol. The summed E-state index contributed by atoms with van der Waals surface area (Å²) in [5.74, 6) is -4.26. The van der Waals surface area contributed by atoms with Crippen LogP contribution in [0, 0.1) is 0 Å². The van der Waals surface area contributed by atoms with Gasteiger partial charge in [-0.25, -0.2) is 29.9 Å². The third-order valence-electron chi connectivity index (χ3n) is 5.11. The fourth-order valence-electron chi connectivity index (χ4n) is 2.83. The Morgan fingerprint density at radius 1 is 0.429 bits per heavy atom. The first-order chi connectivity index (χ1) is 30.0. The van der Waals surface area contributed by atoms with E-state index in [0.29, 0.717) is 6.42 Å². The van der Waals surface area contributed by atoms with Gasteiger partial charge >= 0.3 is 0 Å². The Balaban J connectivity index is -0.000000197. The molecule has 6 heterocycles. The van der Waals surface area contributed by atoms with E-state index >= 15 is 0 Å². The Labute approximate surface area is 374 Å². The maximum atomic E-state index is 10.1. The van der Waals surface area contributed by atoms with Crippen LogP contribution < -0.4 is 67.8 Å². The van der Waals surface area contributed by atoms with Crippen LogP contribution in [0.1, 0.15) is 44.0 Å². The van der Waals surface area contributed by atoms with Crippen molar-refractivity contribution < 1.29 is 91.8 Å². The highest BCUT2D eigenvalue weighted by Gasteiger charge is 1.86. The molecule has 0 saturated carbocycles. The number of aliphatic carboxylic acids is 3. The molecule has 6 N–H and O–H groups in total. The van der Waals surface area contributed by atoms with E-state index in [0.717, 1.165) is 13.8 Å². The zero-order valence-corrected chi connectivity index (χ0v) is 35.9. The summed E-state index contributed by atoms with van der Waals surface area (Å²) in [7, 11) is 0. The molecule has 0 bridgehead atoms. The van der Waals surface area contributed by atoms with E-state index < -0.39 is 30.3 Å². The molecule has 0 fully saturated rings. The Bertz CT molecular complexity index is 1480. The number of aromatic amines is 6. The van der Waals surface area contributed by atoms with Crippen LogP contribution in [0.4, 0.5) is 0 Å². The van der Waals surface area contributed by atoms with E-state index in [-0.39, 0.29) is 24.4 Å². The highest BCUT2D eigenvalue weighted by Crippen LogP contribution is 1.94. The maximum Gasteiger partial charge on any atom is 0.166 e. The molecule has 0 amide bonds. The van der Waals surface area contributed by atoms with Crippen molar-refractivity contribution in [3.05, 3.63) is 219 Å². The molecule has 63 heavy (non-hydrogen) atoms. The SMILES string of the molecule is CC(=O)[O-].CC(=O)[O-].CCCC(=O)[O-].O=C([O-])c1ccccc1.O=C[O-].[Cl-].c1cc[nH+]cc1.c1cc[nH+]cc1.c1cc[nH+]cc1.c1cc[nH+]cc1.c1cc[nH+]cc1.c1cc[nH+]cc1. The van der Waals surface area contributed by atoms with Crippen molar-refractivity contribution in [2.75, 3.05) is 0 Å². The number of rotatable bonds is 3. The Kier molecular flexibility index (Phi) is 58.9. The van der Waals surface area contributed by atoms with E-state index in [4.69, 9.17) is 29.7 Å². The lowest BCUT2D eigenvalue weighted by Gasteiger charge is -1.97. The monoisotopic (exact) mass is 886 g/mol. The normalized spacial score (nSPS) is 7.60. The van der Waals surface area contributed by atoms with E-state index in [1.165, 1.54) is 12.1 Å². The summed E-state index contributed by atoms with van der Waals surface area (Å²) < 4.78 is 0. The summed E-state index contributed by atoms with van der Waals surface area (Å²) in [6, 6.07) is 43.2. The van der Waals surface area contributed by atoms with Crippen molar-refractivity contribution in [3.8, 4) is 0 Å². The largest absolute Gasteiger partial charge is 1.00 e. The molecule has 0 unspecified atom stereocenters. The second-order valence-corrected chi connectivity index (χ2v) is 10.3. The van der Waals surface area contributed by atoms with Crippen LogP contribution in [0.25, 0.3) is 0 Å². The van der Waals surface area contributed by atoms with Gasteiger partial charge in [0.15, 0.2) is 74.4 Å². The number of hydrogen-bond donors (Lipinski definition) is 0. The van der Waals surface area contributed by atoms with Crippen LogP contribution >= 0.6 is 0 Å². The van der Waals surface area contributed by atoms with Gasteiger partial charge in [-0.05, 0) is 25.8 Å². The molecule has 0 aliphatic heterocycles. The Morgan fingerprint density at radius 2 is 0.603 bits per heavy atom. The quantitative estimate of drug-likeness (QED) is 0.153. The van der Waals surface area contributed by atoms with Crippen molar-refractivity contribution in [2.24, 2.45) is 0 Å². The summed E-state index contributed by atoms with van der Waals surface area (Å²) in [5, 5.41) is 45.6. The van der Waals surface area contributed by atoms with Gasteiger partial charge in [-0.2, -0.15) is 0 Å². The standard InChI is InChI=1S/C7H6O2.6C5H5N.C4H8O2.2C2H4O2.CH2O2.ClH/c8-7(9)6-4-2-1-3-5-6;6*1-2-4-6-5-3-1;1-2-3-4(5)6;2*1-2(3)4;2-1-3;/h1-5H,(H,8,9);6*1-5H;2-3H2,1H3,(H,5,6);2*1H3,(H,3,4);1H,(H,2,3);1H. The Morgan fingerprint density at radius 3 is 0.667 bits per heavy atom. The van der Waals surface area contributed by atoms with Gasteiger partial charge in [0.2, 0.25) is 0 Å². The minimum absolute atomic E-state index is 0. The minimum atomic E-state index is -1.13. The van der Waals surface area contributed by atoms with Crippen LogP contribution in [0.3, 0.4) is 0 Å². The van der Waals surface area contributed by atoms with Gasteiger partial charge in [0.05, 0.1) is 5.97 Å². The number of hydrogen-bond acceptors (Lipinski definition) is 10. The molecular formula is C46H55ClN6O10. The van der Waals surface area contributed by atoms with Crippen LogP contribution in [0.5, 0.6) is 0 Å². The highest BCUT2D eigenvalue weighted by molar-refractivity contribution is 5.85. The molecule has 16 nitrogen and oxygen atoms in total. The number of H-pyrrole nitrogens is 6. The fourth-order valence-corrected chi connectivity index (χ4v) is 2.83. The first-order valence-corrected chi connectivity index (χ1v) is 18.3. The summed E-state index contributed by atoms with van der Waals surface area (Å²) in [6.45, 7) is 3.25. The number of carboxylic acids is 4. The second-order valence-electron chi connectivity index (χ2n) is 10.3. The maximum absolute atomic E-state index is 10.1. The van der Waals surface area contributed by atoms with Crippen molar-refractivity contribution in [1.82, 2.24) is 0 Å². The number of nitrogens with one attached hydrogen (secondary N) is 6. The third-order valence-corrected chi connectivity index (χ3v) is 5.11. The molecule has 0 atom stereocenters. The first kappa shape index (κ1) is 63.9. The molecular weight excluding hydrogens is 832 g/mol. The number of aromatic carboxylic acids is 1. The second kappa shape index (κ2) is 58.1. The Hall–Kier alpha value is -8.24.